The van der Waals surface area contributed by atoms with Crippen LogP contribution in [-0.2, 0) is 44.6 Å². The van der Waals surface area contributed by atoms with Gasteiger partial charge in [-0.25, -0.2) is 0 Å². The van der Waals surface area contributed by atoms with Gasteiger partial charge in [-0.15, -0.1) is 45.3 Å². The molecular formula is C129H124N4O10S4. The first-order valence-electron chi connectivity index (χ1n) is 50.6. The normalized spacial score (nSPS) is 12.4. The molecule has 0 N–H and O–H groups in total. The molecule has 2 aliphatic rings. The Hall–Kier alpha value is -14.5. The van der Waals surface area contributed by atoms with Gasteiger partial charge in [0.2, 0.25) is 0 Å². The average molecular weight is 2020 g/mol. The fraction of sp³-hybridized carbons (Fsp3) is 0.209. The summed E-state index contributed by atoms with van der Waals surface area (Å²) in [5.74, 6) is 3.26. The third-order valence-corrected chi connectivity index (χ3v) is 30.3. The van der Waals surface area contributed by atoms with E-state index in [1.807, 2.05) is 36.4 Å². The summed E-state index contributed by atoms with van der Waals surface area (Å²) in [5, 5.41) is 4.38. The van der Waals surface area contributed by atoms with Crippen LogP contribution in [0.5, 0.6) is 23.0 Å². The number of benzene rings is 14. The number of hydrogen-bond acceptors (Lipinski definition) is 18. The molecule has 4 aromatic heterocycles. The van der Waals surface area contributed by atoms with Crippen molar-refractivity contribution >= 4 is 123 Å². The summed E-state index contributed by atoms with van der Waals surface area (Å²) >= 11 is 6.98. The molecule has 0 spiro atoms. The summed E-state index contributed by atoms with van der Waals surface area (Å²) in [6.45, 7) is 13.2. The van der Waals surface area contributed by atoms with Crippen molar-refractivity contribution < 1.29 is 47.5 Å². The summed E-state index contributed by atoms with van der Waals surface area (Å²) in [5.41, 5.74) is 25.9. The Balaban J connectivity index is 0.000000192. The third kappa shape index (κ3) is 26.7. The van der Waals surface area contributed by atoms with E-state index in [0.717, 1.165) is 242 Å². The average Bonchev–Trinajstić information content (AvgIpc) is 1.65. The minimum absolute atomic E-state index is 0. The van der Waals surface area contributed by atoms with Gasteiger partial charge in [-0.2, -0.15) is 0 Å². The van der Waals surface area contributed by atoms with Crippen LogP contribution >= 0.6 is 45.3 Å². The molecule has 744 valence electrons. The van der Waals surface area contributed by atoms with Crippen LogP contribution in [0.2, 0.25) is 0 Å². The predicted octanol–water partition coefficient (Wildman–Crippen LogP) is 35.4. The standard InChI is InChI=1S/C66H64N2O6S2.C62H56N2O4S2.CH4/c1-47-17-13-29-55(41-47)67(53-25-5-3-6-26-53)63-33-31-61(75-63)57-45-60(70-36-12-10-20-50-22-16-24-52(44-50)66-73-39-40-74-66)58(46-59(57)69-35-11-9-19-49-21-15-23-51(43-49)65-71-37-38-72-65)62-32-34-64(76-62)68(54-27-7-4-8-28-54)56-30-14-18-48(2)42-56;1-45-17-13-29-53(37-45)63(51-25-5-3-6-26-51)61-33-31-59(69-61)55-41-58(68-36-12-10-20-48-22-16-24-50(40-48)44-66)56(42-57(55)67-35-11-9-19-47-21-15-23-49(39-47)43-65)60-32-34-62(70-60)64(52-27-7-4-8-28-52)54-30-14-18-46(2)38-54;/h3-8,13-18,21-34,41-46,65-66H,9-12,19-20,35-40H2,1-2H3;3-8,13-18,21-34,37-44H,9-12,19-20,35-36H2,1-2H3;1H4. The molecule has 18 aromatic rings. The lowest BCUT2D eigenvalue weighted by molar-refractivity contribution is -0.0443. The van der Waals surface area contributed by atoms with Crippen molar-refractivity contribution in [2.24, 2.45) is 0 Å². The molecule has 2 saturated heterocycles. The number of carbonyl (C=O) groups excluding carboxylic acids is 2. The van der Waals surface area contributed by atoms with Gasteiger partial charge in [0, 0.05) is 110 Å². The monoisotopic (exact) mass is 2020 g/mol. The van der Waals surface area contributed by atoms with Gasteiger partial charge in [-0.3, -0.25) is 9.59 Å². The van der Waals surface area contributed by atoms with Crippen molar-refractivity contribution in [3.05, 3.63) is 455 Å². The number of para-hydroxylation sites is 4. The minimum Gasteiger partial charge on any atom is -0.493 e. The highest BCUT2D eigenvalue weighted by atomic mass is 32.1. The van der Waals surface area contributed by atoms with Gasteiger partial charge in [-0.05, 0) is 331 Å². The van der Waals surface area contributed by atoms with E-state index in [4.69, 9.17) is 37.9 Å². The maximum Gasteiger partial charge on any atom is 0.184 e. The number of rotatable bonds is 44. The van der Waals surface area contributed by atoms with Crippen LogP contribution in [0.25, 0.3) is 41.8 Å². The molecule has 0 bridgehead atoms. The lowest BCUT2D eigenvalue weighted by Gasteiger charge is -2.24. The molecule has 0 saturated carbocycles. The van der Waals surface area contributed by atoms with Gasteiger partial charge >= 0.3 is 0 Å². The molecule has 0 atom stereocenters. The molecule has 2 fully saturated rings. The van der Waals surface area contributed by atoms with Crippen molar-refractivity contribution in [2.45, 2.75) is 125 Å². The molecule has 0 amide bonds. The first-order valence-corrected chi connectivity index (χ1v) is 53.9. The Morgan fingerprint density at radius 1 is 0.252 bits per heavy atom. The Kier molecular flexibility index (Phi) is 35.6. The predicted molar refractivity (Wildman–Crippen MR) is 610 cm³/mol. The molecule has 0 radical (unpaired) electrons. The maximum atomic E-state index is 11.5. The second-order valence-corrected chi connectivity index (χ2v) is 41.1. The minimum atomic E-state index is -0.281. The van der Waals surface area contributed by atoms with Crippen LogP contribution in [0.15, 0.2) is 388 Å². The number of carbonyl (C=O) groups is 2. The quantitative estimate of drug-likeness (QED) is 0.0266. The SMILES string of the molecule is C.Cc1cccc(N(c2ccccc2)c2ccc(-c3cc(OCCCCc4cccc(C5OCCO5)c4)c(-c4ccc(N(c5ccccc5)c5cccc(C)c5)s4)cc3OCCCCc3cccc(C4OCCO4)c3)s2)c1.Cc1cccc(N(c2ccccc2)c2ccc(-c3cc(OCCCCc4cccc(C=O)c4)c(-c4ccc(N(c5ccccc5)c5cccc(C)c5)s4)cc3OCCCCc3cccc(C=O)c3)s2)c1. The number of ether oxygens (including phenoxy) is 8. The number of aryl methyl sites for hydroxylation is 8. The van der Waals surface area contributed by atoms with Gasteiger partial charge in [0.25, 0.3) is 0 Å². The van der Waals surface area contributed by atoms with Gasteiger partial charge in [0.05, 0.1) is 52.9 Å². The Labute approximate surface area is 881 Å². The van der Waals surface area contributed by atoms with Crippen LogP contribution in [0.3, 0.4) is 0 Å². The molecule has 14 aromatic carbocycles. The smallest absolute Gasteiger partial charge is 0.184 e. The van der Waals surface area contributed by atoms with Crippen LogP contribution in [0, 0.1) is 27.7 Å². The summed E-state index contributed by atoms with van der Waals surface area (Å²) in [6.07, 6.45) is 12.1. The van der Waals surface area contributed by atoms with E-state index >= 15 is 0 Å². The molecule has 18 heteroatoms. The number of thiophene rings is 4. The fourth-order valence-corrected chi connectivity index (χ4v) is 23.0. The zero-order chi connectivity index (χ0) is 99.5. The summed E-state index contributed by atoms with van der Waals surface area (Å²) in [6, 6.07) is 136. The molecule has 147 heavy (non-hydrogen) atoms. The maximum absolute atomic E-state index is 11.5. The fourth-order valence-electron chi connectivity index (χ4n) is 18.7. The number of hydrogen-bond donors (Lipinski definition) is 0. The van der Waals surface area contributed by atoms with Gasteiger partial charge in [-0.1, -0.05) is 214 Å². The molecule has 6 heterocycles. The van der Waals surface area contributed by atoms with E-state index < -0.39 is 0 Å². The first kappa shape index (κ1) is 102. The highest BCUT2D eigenvalue weighted by Crippen LogP contribution is 2.54. The first-order chi connectivity index (χ1) is 71.9. The van der Waals surface area contributed by atoms with Crippen LogP contribution in [-0.4, -0.2) is 65.4 Å². The van der Waals surface area contributed by atoms with E-state index in [2.05, 4.69) is 399 Å². The number of unbranched alkanes of at least 4 members (excludes halogenated alkanes) is 4. The number of nitrogens with zero attached hydrogens (tertiary/aromatic N) is 4. The lowest BCUT2D eigenvalue weighted by Crippen LogP contribution is -2.08. The zero-order valence-electron chi connectivity index (χ0n) is 82.9. The lowest BCUT2D eigenvalue weighted by atomic mass is 10.0. The van der Waals surface area contributed by atoms with E-state index in [1.54, 1.807) is 45.3 Å². The number of anilines is 12. The molecule has 20 rings (SSSR count). The molecule has 2 aliphatic heterocycles. The van der Waals surface area contributed by atoms with E-state index in [9.17, 15) is 9.59 Å². The second kappa shape index (κ2) is 51.0. The summed E-state index contributed by atoms with van der Waals surface area (Å²) in [7, 11) is 0. The largest absolute Gasteiger partial charge is 0.493 e. The van der Waals surface area contributed by atoms with E-state index in [1.165, 1.54) is 33.4 Å². The van der Waals surface area contributed by atoms with Crippen molar-refractivity contribution in [1.82, 2.24) is 0 Å². The Morgan fingerprint density at radius 2 is 0.490 bits per heavy atom. The summed E-state index contributed by atoms with van der Waals surface area (Å²) < 4.78 is 51.1. The van der Waals surface area contributed by atoms with Crippen LogP contribution in [0.4, 0.5) is 65.5 Å². The van der Waals surface area contributed by atoms with E-state index in [0.29, 0.717) is 64.0 Å². The van der Waals surface area contributed by atoms with Gasteiger partial charge in [0.1, 0.15) is 55.6 Å². The second-order valence-electron chi connectivity index (χ2n) is 36.9. The van der Waals surface area contributed by atoms with Crippen molar-refractivity contribution in [2.75, 3.05) is 72.5 Å². The topological polar surface area (TPSA) is 121 Å². The molecule has 14 nitrogen and oxygen atoms in total. The molecule has 0 aliphatic carbocycles. The van der Waals surface area contributed by atoms with Crippen molar-refractivity contribution in [3.8, 4) is 64.8 Å². The van der Waals surface area contributed by atoms with Crippen LogP contribution in [0.1, 0.15) is 148 Å². The van der Waals surface area contributed by atoms with E-state index in [-0.39, 0.29) is 20.0 Å². The molecular weight excluding hydrogens is 1890 g/mol. The third-order valence-electron chi connectivity index (χ3n) is 25.9. The van der Waals surface area contributed by atoms with Gasteiger partial charge in [0.15, 0.2) is 12.6 Å². The summed E-state index contributed by atoms with van der Waals surface area (Å²) in [4.78, 5) is 36.6. The Bertz CT molecular complexity index is 6900. The Morgan fingerprint density at radius 3 is 0.741 bits per heavy atom. The highest BCUT2D eigenvalue weighted by Gasteiger charge is 2.29. The van der Waals surface area contributed by atoms with Gasteiger partial charge < -0.3 is 57.5 Å². The highest BCUT2D eigenvalue weighted by molar-refractivity contribution is 7.20. The van der Waals surface area contributed by atoms with Crippen molar-refractivity contribution in [3.63, 3.8) is 0 Å². The van der Waals surface area contributed by atoms with Crippen molar-refractivity contribution in [1.29, 1.82) is 0 Å². The number of aldehydes is 2. The van der Waals surface area contributed by atoms with Crippen LogP contribution < -0.4 is 38.5 Å². The molecule has 0 unspecified atom stereocenters. The zero-order valence-corrected chi connectivity index (χ0v) is 86.2.